The molecule has 2 heterocycles. The molecule has 1 aromatic rings. The van der Waals surface area contributed by atoms with Gasteiger partial charge in [0.25, 0.3) is 0 Å². The summed E-state index contributed by atoms with van der Waals surface area (Å²) in [6, 6.07) is 5.76. The molecule has 0 spiro atoms. The van der Waals surface area contributed by atoms with Crippen LogP contribution in [-0.2, 0) is 0 Å². The maximum atomic E-state index is 5.88. The van der Waals surface area contributed by atoms with E-state index in [2.05, 4.69) is 9.98 Å². The molecule has 0 radical (unpaired) electrons. The fourth-order valence-corrected chi connectivity index (χ4v) is 2.00. The van der Waals surface area contributed by atoms with E-state index >= 15 is 0 Å². The number of nitrogens with two attached hydrogens (primary N) is 1. The molecular weight excluding hydrogens is 204 g/mol. The quantitative estimate of drug-likeness (QED) is 0.752. The van der Waals surface area contributed by atoms with Crippen molar-refractivity contribution in [3.8, 4) is 5.75 Å². The molecule has 5 heteroatoms. The summed E-state index contributed by atoms with van der Waals surface area (Å²) in [5, 5.41) is 0. The lowest BCUT2D eigenvalue weighted by atomic mass is 10.1. The molecule has 0 bridgehead atoms. The third kappa shape index (κ3) is 1.18. The largest absolute Gasteiger partial charge is 0.497 e. The number of amidine groups is 1. The zero-order valence-corrected chi connectivity index (χ0v) is 8.97. The third-order valence-electron chi connectivity index (χ3n) is 2.80. The molecule has 16 heavy (non-hydrogen) atoms. The smallest absolute Gasteiger partial charge is 0.202 e. The van der Waals surface area contributed by atoms with Crippen molar-refractivity contribution in [2.45, 2.75) is 0 Å². The molecule has 82 valence electrons. The lowest BCUT2D eigenvalue weighted by Gasteiger charge is -2.24. The van der Waals surface area contributed by atoms with Crippen LogP contribution in [0, 0.1) is 0 Å². The Morgan fingerprint density at radius 2 is 2.31 bits per heavy atom. The highest BCUT2D eigenvalue weighted by Crippen LogP contribution is 2.30. The molecule has 2 N–H and O–H groups in total. The Kier molecular flexibility index (Phi) is 1.86. The van der Waals surface area contributed by atoms with E-state index in [0.29, 0.717) is 5.96 Å². The number of nitrogens with zero attached hydrogens (tertiary/aromatic N) is 3. The van der Waals surface area contributed by atoms with Gasteiger partial charge in [0.1, 0.15) is 11.6 Å². The van der Waals surface area contributed by atoms with Crippen LogP contribution < -0.4 is 10.5 Å². The van der Waals surface area contributed by atoms with Crippen molar-refractivity contribution < 1.29 is 4.74 Å². The molecule has 2 aliphatic heterocycles. The average Bonchev–Trinajstić information content (AvgIpc) is 2.78. The Bertz CT molecular complexity index is 507. The molecule has 0 saturated heterocycles. The standard InChI is InChI=1S/C11H12N4O/c1-16-7-2-3-8-9(6-7)14-11(12)15-5-4-13-10(8)15/h2-3,6H,4-5H2,1H3,(H2,12,14). The Labute approximate surface area is 93.2 Å². The van der Waals surface area contributed by atoms with Gasteiger partial charge in [-0.15, -0.1) is 0 Å². The van der Waals surface area contributed by atoms with Gasteiger partial charge in [-0.3, -0.25) is 9.89 Å². The monoisotopic (exact) mass is 216 g/mol. The number of hydrogen-bond acceptors (Lipinski definition) is 5. The van der Waals surface area contributed by atoms with Crippen LogP contribution in [0.15, 0.2) is 28.2 Å². The predicted octanol–water partition coefficient (Wildman–Crippen LogP) is 0.717. The second kappa shape index (κ2) is 3.23. The second-order valence-corrected chi connectivity index (χ2v) is 3.71. The summed E-state index contributed by atoms with van der Waals surface area (Å²) >= 11 is 0. The predicted molar refractivity (Wildman–Crippen MR) is 62.4 cm³/mol. The van der Waals surface area contributed by atoms with Crippen molar-refractivity contribution in [3.63, 3.8) is 0 Å². The van der Waals surface area contributed by atoms with Crippen LogP contribution in [0.5, 0.6) is 5.75 Å². The van der Waals surface area contributed by atoms with E-state index in [-0.39, 0.29) is 0 Å². The van der Waals surface area contributed by atoms with Crippen LogP contribution in [0.4, 0.5) is 5.69 Å². The minimum Gasteiger partial charge on any atom is -0.497 e. The van der Waals surface area contributed by atoms with Gasteiger partial charge in [-0.1, -0.05) is 0 Å². The molecule has 0 unspecified atom stereocenters. The number of hydrogen-bond donors (Lipinski definition) is 1. The summed E-state index contributed by atoms with van der Waals surface area (Å²) in [6.07, 6.45) is 0. The third-order valence-corrected chi connectivity index (χ3v) is 2.80. The van der Waals surface area contributed by atoms with Crippen molar-refractivity contribution in [1.82, 2.24) is 4.90 Å². The van der Waals surface area contributed by atoms with E-state index in [1.807, 2.05) is 23.1 Å². The van der Waals surface area contributed by atoms with E-state index in [0.717, 1.165) is 35.9 Å². The molecule has 2 aliphatic rings. The van der Waals surface area contributed by atoms with Crippen molar-refractivity contribution >= 4 is 17.5 Å². The Hall–Kier alpha value is -2.04. The van der Waals surface area contributed by atoms with E-state index in [4.69, 9.17) is 10.5 Å². The van der Waals surface area contributed by atoms with Crippen LogP contribution >= 0.6 is 0 Å². The lowest BCUT2D eigenvalue weighted by molar-refractivity contribution is 0.415. The van der Waals surface area contributed by atoms with Gasteiger partial charge in [0.05, 0.1) is 19.3 Å². The van der Waals surface area contributed by atoms with E-state index in [1.165, 1.54) is 0 Å². The number of ether oxygens (including phenoxy) is 1. The molecule has 0 atom stereocenters. The summed E-state index contributed by atoms with van der Waals surface area (Å²) in [5.74, 6) is 2.21. The zero-order chi connectivity index (χ0) is 11.1. The Morgan fingerprint density at radius 1 is 1.44 bits per heavy atom. The lowest BCUT2D eigenvalue weighted by Crippen LogP contribution is -2.42. The summed E-state index contributed by atoms with van der Waals surface area (Å²) in [6.45, 7) is 1.59. The molecular formula is C11H12N4O. The van der Waals surface area contributed by atoms with E-state index < -0.39 is 0 Å². The summed E-state index contributed by atoms with van der Waals surface area (Å²) in [5.41, 5.74) is 7.73. The maximum Gasteiger partial charge on any atom is 0.202 e. The van der Waals surface area contributed by atoms with Crippen LogP contribution in [0.25, 0.3) is 0 Å². The first-order valence-electron chi connectivity index (χ1n) is 5.14. The highest BCUT2D eigenvalue weighted by atomic mass is 16.5. The first-order chi connectivity index (χ1) is 7.79. The molecule has 0 amide bonds. The number of guanidine groups is 1. The van der Waals surface area contributed by atoms with Crippen molar-refractivity contribution in [3.05, 3.63) is 23.8 Å². The topological polar surface area (TPSA) is 63.2 Å². The van der Waals surface area contributed by atoms with E-state index in [1.54, 1.807) is 7.11 Å². The second-order valence-electron chi connectivity index (χ2n) is 3.71. The first-order valence-corrected chi connectivity index (χ1v) is 5.14. The van der Waals surface area contributed by atoms with Gasteiger partial charge < -0.3 is 10.5 Å². The normalized spacial score (nSPS) is 17.4. The molecule has 0 aliphatic carbocycles. The highest BCUT2D eigenvalue weighted by Gasteiger charge is 2.27. The molecule has 5 nitrogen and oxygen atoms in total. The van der Waals surface area contributed by atoms with Crippen LogP contribution in [0.1, 0.15) is 5.56 Å². The zero-order valence-electron chi connectivity index (χ0n) is 8.97. The van der Waals surface area contributed by atoms with Gasteiger partial charge in [-0.25, -0.2) is 4.99 Å². The van der Waals surface area contributed by atoms with Gasteiger partial charge in [0.2, 0.25) is 5.96 Å². The summed E-state index contributed by atoms with van der Waals surface area (Å²) < 4.78 is 5.16. The number of fused-ring (bicyclic) bond motifs is 3. The summed E-state index contributed by atoms with van der Waals surface area (Å²) in [7, 11) is 1.64. The number of benzene rings is 1. The number of methoxy groups -OCH3 is 1. The van der Waals surface area contributed by atoms with Gasteiger partial charge in [-0.05, 0) is 12.1 Å². The SMILES string of the molecule is COc1ccc2c(c1)N=C(N)N1CCN=C21. The molecule has 0 fully saturated rings. The first kappa shape index (κ1) is 9.21. The van der Waals surface area contributed by atoms with E-state index in [9.17, 15) is 0 Å². The molecule has 1 aromatic carbocycles. The van der Waals surface area contributed by atoms with Gasteiger partial charge >= 0.3 is 0 Å². The minimum absolute atomic E-state index is 0.511. The van der Waals surface area contributed by atoms with Gasteiger partial charge in [0, 0.05) is 18.2 Å². The minimum atomic E-state index is 0.511. The molecule has 0 aromatic heterocycles. The van der Waals surface area contributed by atoms with Crippen LogP contribution in [0.2, 0.25) is 0 Å². The highest BCUT2D eigenvalue weighted by molar-refractivity contribution is 6.15. The van der Waals surface area contributed by atoms with Crippen molar-refractivity contribution in [2.24, 2.45) is 15.7 Å². The average molecular weight is 216 g/mol. The fraction of sp³-hybridized carbons (Fsp3) is 0.273. The van der Waals surface area contributed by atoms with Gasteiger partial charge in [-0.2, -0.15) is 0 Å². The van der Waals surface area contributed by atoms with Gasteiger partial charge in [0.15, 0.2) is 0 Å². The summed E-state index contributed by atoms with van der Waals surface area (Å²) in [4.78, 5) is 10.7. The fourth-order valence-electron chi connectivity index (χ4n) is 2.00. The molecule has 0 saturated carbocycles. The van der Waals surface area contributed by atoms with Crippen molar-refractivity contribution in [2.75, 3.05) is 20.2 Å². The maximum absolute atomic E-state index is 5.88. The Balaban J connectivity index is 2.18. The molecule has 3 rings (SSSR count). The Morgan fingerprint density at radius 3 is 3.12 bits per heavy atom. The van der Waals surface area contributed by atoms with Crippen LogP contribution in [-0.4, -0.2) is 36.9 Å². The van der Waals surface area contributed by atoms with Crippen molar-refractivity contribution in [1.29, 1.82) is 0 Å². The number of rotatable bonds is 1. The number of aliphatic imine (C=N–C) groups is 2. The van der Waals surface area contributed by atoms with Crippen LogP contribution in [0.3, 0.4) is 0 Å².